The number of benzene rings is 2. The molecule has 1 heterocycles. The van der Waals surface area contributed by atoms with Gasteiger partial charge >= 0.3 is 0 Å². The predicted molar refractivity (Wildman–Crippen MR) is 99.4 cm³/mol. The van der Waals surface area contributed by atoms with Crippen LogP contribution in [0.1, 0.15) is 18.1 Å². The number of para-hydroxylation sites is 1. The van der Waals surface area contributed by atoms with Gasteiger partial charge in [-0.1, -0.05) is 35.9 Å². The summed E-state index contributed by atoms with van der Waals surface area (Å²) < 4.78 is 10.4. The predicted octanol–water partition coefficient (Wildman–Crippen LogP) is 4.41. The Bertz CT molecular complexity index is 939. The van der Waals surface area contributed by atoms with E-state index in [4.69, 9.17) is 21.0 Å². The number of nitrogens with one attached hydrogen (secondary N) is 1. The summed E-state index contributed by atoms with van der Waals surface area (Å²) in [4.78, 5) is 12.4. The molecule has 1 aromatic heterocycles. The Balaban J connectivity index is 1.75. The number of aromatic nitrogens is 2. The third kappa shape index (κ3) is 3.86. The maximum Gasteiger partial charge on any atom is 0.266 e. The molecule has 0 aliphatic rings. The molecule has 0 aliphatic carbocycles. The van der Waals surface area contributed by atoms with E-state index in [9.17, 15) is 4.79 Å². The molecule has 1 atom stereocenters. The Morgan fingerprint density at radius 3 is 2.65 bits per heavy atom. The monoisotopic (exact) mass is 371 g/mol. The van der Waals surface area contributed by atoms with Gasteiger partial charge in [-0.05, 0) is 60.4 Å². The van der Waals surface area contributed by atoms with Crippen LogP contribution in [0.3, 0.4) is 0 Å². The van der Waals surface area contributed by atoms with Crippen molar-refractivity contribution in [3.8, 4) is 17.0 Å². The lowest BCUT2D eigenvalue weighted by atomic mass is 10.0. The molecule has 7 heteroatoms. The summed E-state index contributed by atoms with van der Waals surface area (Å²) in [7, 11) is 0. The average Bonchev–Trinajstić information content (AvgIpc) is 3.07. The van der Waals surface area contributed by atoms with Crippen LogP contribution in [-0.4, -0.2) is 22.3 Å². The highest BCUT2D eigenvalue weighted by atomic mass is 35.5. The summed E-state index contributed by atoms with van der Waals surface area (Å²) in [5.41, 5.74) is 3.55. The minimum atomic E-state index is -0.779. The van der Waals surface area contributed by atoms with E-state index in [0.717, 1.165) is 16.7 Å². The van der Waals surface area contributed by atoms with Gasteiger partial charge in [-0.3, -0.25) is 4.79 Å². The number of carbonyl (C=O) groups excluding carboxylic acids is 1. The van der Waals surface area contributed by atoms with Crippen LogP contribution in [0.2, 0.25) is 5.02 Å². The van der Waals surface area contributed by atoms with Gasteiger partial charge in [0.15, 0.2) is 11.8 Å². The minimum Gasteiger partial charge on any atom is -0.479 e. The fourth-order valence-electron chi connectivity index (χ4n) is 2.35. The molecule has 0 aliphatic heterocycles. The van der Waals surface area contributed by atoms with Crippen molar-refractivity contribution < 1.29 is 14.2 Å². The number of amides is 1. The fraction of sp³-hybridized carbons (Fsp3) is 0.211. The molecular weight excluding hydrogens is 354 g/mol. The van der Waals surface area contributed by atoms with Gasteiger partial charge in [-0.2, -0.15) is 0 Å². The Labute approximate surface area is 156 Å². The highest BCUT2D eigenvalue weighted by Gasteiger charge is 2.21. The van der Waals surface area contributed by atoms with Crippen LogP contribution in [-0.2, 0) is 4.79 Å². The smallest absolute Gasteiger partial charge is 0.266 e. The van der Waals surface area contributed by atoms with E-state index < -0.39 is 6.10 Å². The Kier molecular flexibility index (Phi) is 5.23. The van der Waals surface area contributed by atoms with Crippen molar-refractivity contribution in [2.75, 3.05) is 5.32 Å². The first-order valence-electron chi connectivity index (χ1n) is 8.08. The third-order valence-electron chi connectivity index (χ3n) is 4.02. The van der Waals surface area contributed by atoms with E-state index >= 15 is 0 Å². The van der Waals surface area contributed by atoms with E-state index in [2.05, 4.69) is 15.6 Å². The fourth-order valence-corrected chi connectivity index (χ4v) is 2.53. The molecule has 0 saturated carbocycles. The maximum absolute atomic E-state index is 12.4. The second-order valence-corrected chi connectivity index (χ2v) is 6.35. The zero-order valence-corrected chi connectivity index (χ0v) is 15.4. The van der Waals surface area contributed by atoms with Gasteiger partial charge in [0, 0.05) is 5.56 Å². The summed E-state index contributed by atoms with van der Waals surface area (Å²) in [5, 5.41) is 10.8. The van der Waals surface area contributed by atoms with Crippen molar-refractivity contribution in [3.05, 3.63) is 58.6 Å². The molecule has 1 N–H and O–H groups in total. The molecule has 6 nitrogen and oxygen atoms in total. The lowest BCUT2D eigenvalue weighted by molar-refractivity contribution is -0.122. The van der Waals surface area contributed by atoms with Gasteiger partial charge in [0.1, 0.15) is 5.75 Å². The first kappa shape index (κ1) is 17.9. The van der Waals surface area contributed by atoms with Crippen LogP contribution in [0.25, 0.3) is 11.3 Å². The van der Waals surface area contributed by atoms with Gasteiger partial charge in [-0.15, -0.1) is 0 Å². The van der Waals surface area contributed by atoms with Gasteiger partial charge in [0.25, 0.3) is 5.91 Å². The highest BCUT2D eigenvalue weighted by molar-refractivity contribution is 6.32. The number of ether oxygens (including phenoxy) is 1. The maximum atomic E-state index is 12.4. The molecule has 0 radical (unpaired) electrons. The standard InChI is InChI=1S/C19H18ClN3O3/c1-11-8-9-14(10-12(11)2)17-18(23-26-22-17)21-19(24)13(3)25-16-7-5-4-6-15(16)20/h4-10,13H,1-3H3,(H,21,23,24). The molecule has 0 saturated heterocycles. The Morgan fingerprint density at radius 2 is 1.92 bits per heavy atom. The zero-order chi connectivity index (χ0) is 18.7. The molecule has 26 heavy (non-hydrogen) atoms. The molecule has 2 aromatic carbocycles. The largest absolute Gasteiger partial charge is 0.479 e. The average molecular weight is 372 g/mol. The number of hydrogen-bond acceptors (Lipinski definition) is 5. The summed E-state index contributed by atoms with van der Waals surface area (Å²) in [5.74, 6) is 0.294. The Hall–Kier alpha value is -2.86. The second-order valence-electron chi connectivity index (χ2n) is 5.94. The van der Waals surface area contributed by atoms with Crippen molar-refractivity contribution in [2.45, 2.75) is 26.9 Å². The number of rotatable bonds is 5. The number of anilines is 1. The quantitative estimate of drug-likeness (QED) is 0.718. The van der Waals surface area contributed by atoms with E-state index in [1.807, 2.05) is 32.0 Å². The van der Waals surface area contributed by atoms with Crippen LogP contribution in [0, 0.1) is 13.8 Å². The summed E-state index contributed by atoms with van der Waals surface area (Å²) >= 11 is 6.05. The zero-order valence-electron chi connectivity index (χ0n) is 14.6. The molecular formula is C19H18ClN3O3. The molecule has 1 amide bonds. The summed E-state index contributed by atoms with van der Waals surface area (Å²) in [6, 6.07) is 12.8. The van der Waals surface area contributed by atoms with E-state index in [0.29, 0.717) is 16.5 Å². The summed E-state index contributed by atoms with van der Waals surface area (Å²) in [6.45, 7) is 5.66. The van der Waals surface area contributed by atoms with Crippen molar-refractivity contribution in [1.29, 1.82) is 0 Å². The normalized spacial score (nSPS) is 11.8. The van der Waals surface area contributed by atoms with Gasteiger partial charge in [0.05, 0.1) is 5.02 Å². The first-order chi connectivity index (χ1) is 12.5. The second kappa shape index (κ2) is 7.58. The number of aryl methyl sites for hydroxylation is 2. The van der Waals surface area contributed by atoms with Crippen LogP contribution < -0.4 is 10.1 Å². The molecule has 1 unspecified atom stereocenters. The molecule has 134 valence electrons. The number of carbonyl (C=O) groups is 1. The SMILES string of the molecule is Cc1ccc(-c2nonc2NC(=O)C(C)Oc2ccccc2Cl)cc1C. The van der Waals surface area contributed by atoms with Crippen molar-refractivity contribution in [3.63, 3.8) is 0 Å². The van der Waals surface area contributed by atoms with Gasteiger partial charge in [0.2, 0.25) is 5.82 Å². The highest BCUT2D eigenvalue weighted by Crippen LogP contribution is 2.27. The minimum absolute atomic E-state index is 0.243. The first-order valence-corrected chi connectivity index (χ1v) is 8.45. The topological polar surface area (TPSA) is 77.3 Å². The molecule has 3 rings (SSSR count). The van der Waals surface area contributed by atoms with E-state index in [-0.39, 0.29) is 11.7 Å². The lowest BCUT2D eigenvalue weighted by Gasteiger charge is -2.14. The van der Waals surface area contributed by atoms with Crippen LogP contribution in [0.4, 0.5) is 5.82 Å². The molecule has 0 fully saturated rings. The van der Waals surface area contributed by atoms with Crippen molar-refractivity contribution in [1.82, 2.24) is 10.3 Å². The van der Waals surface area contributed by atoms with E-state index in [1.54, 1.807) is 31.2 Å². The lowest BCUT2D eigenvalue weighted by Crippen LogP contribution is -2.30. The van der Waals surface area contributed by atoms with Crippen LogP contribution in [0.5, 0.6) is 5.75 Å². The van der Waals surface area contributed by atoms with E-state index in [1.165, 1.54) is 0 Å². The third-order valence-corrected chi connectivity index (χ3v) is 4.33. The van der Waals surface area contributed by atoms with Crippen molar-refractivity contribution in [2.24, 2.45) is 0 Å². The number of hydrogen-bond donors (Lipinski definition) is 1. The summed E-state index contributed by atoms with van der Waals surface area (Å²) in [6.07, 6.45) is -0.779. The van der Waals surface area contributed by atoms with Crippen LogP contribution >= 0.6 is 11.6 Å². The number of halogens is 1. The van der Waals surface area contributed by atoms with Crippen molar-refractivity contribution >= 4 is 23.3 Å². The molecule has 3 aromatic rings. The molecule has 0 spiro atoms. The van der Waals surface area contributed by atoms with Gasteiger partial charge in [-0.25, -0.2) is 4.63 Å². The van der Waals surface area contributed by atoms with Gasteiger partial charge < -0.3 is 10.1 Å². The number of nitrogens with zero attached hydrogens (tertiary/aromatic N) is 2. The Morgan fingerprint density at radius 1 is 1.15 bits per heavy atom. The molecule has 0 bridgehead atoms. The van der Waals surface area contributed by atoms with Crippen LogP contribution in [0.15, 0.2) is 47.1 Å².